The molecule has 0 aromatic rings. The van der Waals surface area contributed by atoms with Crippen LogP contribution in [0, 0.1) is 0 Å². The van der Waals surface area contributed by atoms with E-state index in [1.165, 1.54) is 146 Å². The first-order chi connectivity index (χ1) is 20.2. The molecule has 0 atom stereocenters. The summed E-state index contributed by atoms with van der Waals surface area (Å²) in [5.41, 5.74) is 5.68. The molecular weight excluding hydrogens is 504 g/mol. The molecule has 242 valence electrons. The van der Waals surface area contributed by atoms with Gasteiger partial charge in [0.05, 0.1) is 0 Å². The summed E-state index contributed by atoms with van der Waals surface area (Å²) < 4.78 is 0. The summed E-state index contributed by atoms with van der Waals surface area (Å²) in [4.78, 5) is 27.1. The highest BCUT2D eigenvalue weighted by Crippen LogP contribution is 2.15. The Balaban J connectivity index is 3.81. The number of allylic oxidation sites excluding steroid dienone is 2. The number of imide groups is 1. The number of unbranched alkanes of at least 4 members (excludes halogenated alkanes) is 23. The van der Waals surface area contributed by atoms with E-state index in [9.17, 15) is 9.59 Å². The minimum absolute atomic E-state index is 0.00997. The maximum atomic E-state index is 12.8. The summed E-state index contributed by atoms with van der Waals surface area (Å²) in [6, 6.07) is 0. The summed E-state index contributed by atoms with van der Waals surface area (Å²) in [5, 5.41) is 0. The van der Waals surface area contributed by atoms with Crippen molar-refractivity contribution in [1.29, 1.82) is 0 Å². The van der Waals surface area contributed by atoms with E-state index in [4.69, 9.17) is 5.73 Å². The smallest absolute Gasteiger partial charge is 0.229 e. The van der Waals surface area contributed by atoms with Crippen molar-refractivity contribution in [1.82, 2.24) is 4.90 Å². The second-order valence-corrected chi connectivity index (χ2v) is 12.4. The van der Waals surface area contributed by atoms with E-state index in [-0.39, 0.29) is 11.8 Å². The summed E-state index contributed by atoms with van der Waals surface area (Å²) in [6.45, 7) is 5.54. The van der Waals surface area contributed by atoms with Crippen molar-refractivity contribution in [3.8, 4) is 0 Å². The fourth-order valence-electron chi connectivity index (χ4n) is 5.55. The highest BCUT2D eigenvalue weighted by Gasteiger charge is 2.19. The van der Waals surface area contributed by atoms with Crippen LogP contribution in [0.3, 0.4) is 0 Å². The molecule has 0 unspecified atom stereocenters. The van der Waals surface area contributed by atoms with Gasteiger partial charge in [0.1, 0.15) is 0 Å². The van der Waals surface area contributed by atoms with Crippen LogP contribution in [-0.2, 0) is 9.59 Å². The number of carbonyl (C=O) groups is 2. The van der Waals surface area contributed by atoms with Gasteiger partial charge in [0.2, 0.25) is 11.8 Å². The van der Waals surface area contributed by atoms with Crippen LogP contribution in [0.25, 0.3) is 0 Å². The van der Waals surface area contributed by atoms with Gasteiger partial charge in [-0.15, -0.1) is 0 Å². The van der Waals surface area contributed by atoms with E-state index in [1.807, 2.05) is 0 Å². The average molecular weight is 577 g/mol. The Morgan fingerprint density at radius 2 is 0.780 bits per heavy atom. The lowest BCUT2D eigenvalue weighted by Gasteiger charge is -2.21. The number of hydrogen-bond acceptors (Lipinski definition) is 3. The molecule has 4 heteroatoms. The number of nitrogens with zero attached hydrogens (tertiary/aromatic N) is 1. The lowest BCUT2D eigenvalue weighted by atomic mass is 10.0. The van der Waals surface area contributed by atoms with E-state index in [2.05, 4.69) is 26.0 Å². The van der Waals surface area contributed by atoms with E-state index in [0.717, 1.165) is 25.7 Å². The molecule has 0 aromatic carbocycles. The van der Waals surface area contributed by atoms with Crippen molar-refractivity contribution in [2.75, 3.05) is 13.1 Å². The van der Waals surface area contributed by atoms with Gasteiger partial charge in [-0.2, -0.15) is 0 Å². The van der Waals surface area contributed by atoms with Gasteiger partial charge in [0.15, 0.2) is 0 Å². The topological polar surface area (TPSA) is 63.4 Å². The molecule has 0 aliphatic heterocycles. The Kier molecular flexibility index (Phi) is 32.4. The van der Waals surface area contributed by atoms with Crippen LogP contribution in [0.15, 0.2) is 12.2 Å². The molecule has 0 saturated carbocycles. The third kappa shape index (κ3) is 28.7. The molecule has 0 fully saturated rings. The zero-order chi connectivity index (χ0) is 30.1. The maximum absolute atomic E-state index is 12.8. The largest absolute Gasteiger partial charge is 0.330 e. The van der Waals surface area contributed by atoms with Crippen molar-refractivity contribution in [2.45, 2.75) is 200 Å². The lowest BCUT2D eigenvalue weighted by Crippen LogP contribution is -2.38. The molecule has 41 heavy (non-hydrogen) atoms. The molecule has 0 saturated heterocycles. The van der Waals surface area contributed by atoms with Crippen LogP contribution in [0.2, 0.25) is 0 Å². The second-order valence-electron chi connectivity index (χ2n) is 12.4. The monoisotopic (exact) mass is 577 g/mol. The van der Waals surface area contributed by atoms with Gasteiger partial charge >= 0.3 is 0 Å². The van der Waals surface area contributed by atoms with Gasteiger partial charge in [-0.05, 0) is 51.5 Å². The molecule has 0 aliphatic carbocycles. The molecule has 0 radical (unpaired) electrons. The zero-order valence-electron chi connectivity index (χ0n) is 27.9. The lowest BCUT2D eigenvalue weighted by molar-refractivity contribution is -0.145. The van der Waals surface area contributed by atoms with E-state index in [1.54, 1.807) is 0 Å². The minimum Gasteiger partial charge on any atom is -0.330 e. The predicted octanol–water partition coefficient (Wildman–Crippen LogP) is 11.2. The fourth-order valence-corrected chi connectivity index (χ4v) is 5.55. The molecule has 0 heterocycles. The number of amides is 2. The van der Waals surface area contributed by atoms with Gasteiger partial charge in [-0.3, -0.25) is 14.5 Å². The molecule has 4 nitrogen and oxygen atoms in total. The Bertz CT molecular complexity index is 589. The Morgan fingerprint density at radius 3 is 1.12 bits per heavy atom. The second kappa shape index (κ2) is 33.3. The van der Waals surface area contributed by atoms with E-state index >= 15 is 0 Å². The van der Waals surface area contributed by atoms with Gasteiger partial charge in [-0.1, -0.05) is 154 Å². The maximum Gasteiger partial charge on any atom is 0.229 e. The number of nitrogens with two attached hydrogens (primary N) is 1. The van der Waals surface area contributed by atoms with Gasteiger partial charge in [0, 0.05) is 19.4 Å². The minimum atomic E-state index is 0.00997. The van der Waals surface area contributed by atoms with Crippen LogP contribution in [0.5, 0.6) is 0 Å². The van der Waals surface area contributed by atoms with Crippen molar-refractivity contribution in [3.05, 3.63) is 12.2 Å². The molecule has 2 amide bonds. The van der Waals surface area contributed by atoms with Crippen molar-refractivity contribution >= 4 is 11.8 Å². The molecule has 0 aliphatic rings. The first kappa shape index (κ1) is 39.8. The van der Waals surface area contributed by atoms with Crippen LogP contribution in [0.4, 0.5) is 0 Å². The van der Waals surface area contributed by atoms with E-state index < -0.39 is 0 Å². The average Bonchev–Trinajstić information content (AvgIpc) is 2.97. The quantitative estimate of drug-likeness (QED) is 0.0640. The summed E-state index contributed by atoms with van der Waals surface area (Å²) in [5.74, 6) is 0.0232. The predicted molar refractivity (Wildman–Crippen MR) is 180 cm³/mol. The third-order valence-corrected chi connectivity index (χ3v) is 8.33. The molecule has 0 spiro atoms. The first-order valence-electron chi connectivity index (χ1n) is 18.4. The van der Waals surface area contributed by atoms with Crippen molar-refractivity contribution in [2.24, 2.45) is 5.73 Å². The summed E-state index contributed by atoms with van der Waals surface area (Å²) >= 11 is 0. The highest BCUT2D eigenvalue weighted by atomic mass is 16.2. The zero-order valence-corrected chi connectivity index (χ0v) is 27.9. The Morgan fingerprint density at radius 1 is 0.463 bits per heavy atom. The highest BCUT2D eigenvalue weighted by molar-refractivity contribution is 5.95. The standard InChI is InChI=1S/C37H72N2O2/c1-3-5-7-9-11-13-15-17-18-20-22-24-26-28-30-33-37(41)39(35-31-34-38)36(40)32-29-27-25-23-21-19-16-14-12-10-8-6-4-2/h17-18H,3-16,19-35,38H2,1-2H3/b18-17-. The summed E-state index contributed by atoms with van der Waals surface area (Å²) in [6.07, 6.45) is 39.4. The molecule has 0 bridgehead atoms. The molecular formula is C37H72N2O2. The van der Waals surface area contributed by atoms with Crippen molar-refractivity contribution in [3.63, 3.8) is 0 Å². The molecule has 0 aromatic heterocycles. The van der Waals surface area contributed by atoms with Crippen LogP contribution < -0.4 is 5.73 Å². The van der Waals surface area contributed by atoms with Gasteiger partial charge in [-0.25, -0.2) is 0 Å². The molecule has 2 N–H and O–H groups in total. The van der Waals surface area contributed by atoms with Gasteiger partial charge < -0.3 is 5.73 Å². The number of hydrogen-bond donors (Lipinski definition) is 1. The fraction of sp³-hybridized carbons (Fsp3) is 0.892. The van der Waals surface area contributed by atoms with Crippen molar-refractivity contribution < 1.29 is 9.59 Å². The number of carbonyl (C=O) groups excluding carboxylic acids is 2. The first-order valence-corrected chi connectivity index (χ1v) is 18.4. The number of rotatable bonds is 32. The normalized spacial score (nSPS) is 11.5. The third-order valence-electron chi connectivity index (χ3n) is 8.33. The SMILES string of the molecule is CCCCCCCC/C=C\CCCCCCCC(=O)N(CCCN)C(=O)CCCCCCCCCCCCCCC. The Labute approximate surface area is 257 Å². The van der Waals surface area contributed by atoms with Crippen LogP contribution in [0.1, 0.15) is 200 Å². The van der Waals surface area contributed by atoms with E-state index in [0.29, 0.717) is 32.4 Å². The van der Waals surface area contributed by atoms with Gasteiger partial charge in [0.25, 0.3) is 0 Å². The molecule has 0 rings (SSSR count). The van der Waals surface area contributed by atoms with Crippen LogP contribution in [-0.4, -0.2) is 29.8 Å². The summed E-state index contributed by atoms with van der Waals surface area (Å²) in [7, 11) is 0. The Hall–Kier alpha value is -1.16. The van der Waals surface area contributed by atoms with Crippen LogP contribution >= 0.6 is 0 Å².